The largest absolute Gasteiger partial charge is 0.467 e. The number of nitrogens with one attached hydrogen (secondary N) is 1. The number of methoxy groups -OCH3 is 1. The smallest absolute Gasteiger partial charge is 0.328 e. The van der Waals surface area contributed by atoms with Gasteiger partial charge in [0, 0.05) is 0 Å². The molecule has 0 unspecified atom stereocenters. The molecule has 0 fully saturated rings. The Hall–Kier alpha value is -1.26. The second-order valence-electron chi connectivity index (χ2n) is 5.40. The number of carbonyl (C=O) groups excluding carboxylic acids is 2. The number of ether oxygens (including phenoxy) is 1. The van der Waals surface area contributed by atoms with Crippen LogP contribution in [-0.2, 0) is 9.53 Å². The fourth-order valence-corrected chi connectivity index (χ4v) is 2.02. The minimum Gasteiger partial charge on any atom is -0.467 e. The highest BCUT2D eigenvalue weighted by Gasteiger charge is 2.34. The molecule has 1 aromatic rings. The van der Waals surface area contributed by atoms with Crippen LogP contribution >= 0.6 is 23.2 Å². The van der Waals surface area contributed by atoms with E-state index in [-0.39, 0.29) is 15.6 Å². The molecule has 0 saturated heterocycles. The predicted octanol–water partition coefficient (Wildman–Crippen LogP) is 3.31. The summed E-state index contributed by atoms with van der Waals surface area (Å²) in [6.45, 7) is 5.48. The Bertz CT molecular complexity index is 524. The van der Waals surface area contributed by atoms with Gasteiger partial charge in [-0.15, -0.1) is 0 Å². The fourth-order valence-electron chi connectivity index (χ4n) is 1.63. The number of benzene rings is 1. The first kappa shape index (κ1) is 16.8. The third kappa shape index (κ3) is 3.87. The zero-order chi connectivity index (χ0) is 15.5. The minimum absolute atomic E-state index is 0.157. The Morgan fingerprint density at radius 2 is 1.85 bits per heavy atom. The topological polar surface area (TPSA) is 55.4 Å². The van der Waals surface area contributed by atoms with Crippen LogP contribution in [0.2, 0.25) is 10.0 Å². The monoisotopic (exact) mass is 317 g/mol. The van der Waals surface area contributed by atoms with Crippen LogP contribution in [0.15, 0.2) is 18.2 Å². The molecule has 1 rings (SSSR count). The number of carbonyl (C=O) groups is 2. The molecule has 1 N–H and O–H groups in total. The Morgan fingerprint density at radius 3 is 2.35 bits per heavy atom. The molecule has 6 heteroatoms. The zero-order valence-electron chi connectivity index (χ0n) is 11.8. The average Bonchev–Trinajstić information content (AvgIpc) is 2.36. The van der Waals surface area contributed by atoms with Crippen LogP contribution in [0.5, 0.6) is 0 Å². The van der Waals surface area contributed by atoms with Gasteiger partial charge >= 0.3 is 5.97 Å². The molecule has 4 nitrogen and oxygen atoms in total. The van der Waals surface area contributed by atoms with Gasteiger partial charge in [-0.1, -0.05) is 50.0 Å². The second-order valence-corrected chi connectivity index (χ2v) is 6.18. The average molecular weight is 318 g/mol. The number of halogens is 2. The van der Waals surface area contributed by atoms with Gasteiger partial charge in [-0.25, -0.2) is 4.79 Å². The SMILES string of the molecule is COC(=O)[C@@H](NC(=O)c1cccc(Cl)c1Cl)C(C)(C)C. The van der Waals surface area contributed by atoms with E-state index in [0.29, 0.717) is 0 Å². The van der Waals surface area contributed by atoms with E-state index in [0.717, 1.165) is 0 Å². The normalized spacial score (nSPS) is 12.7. The van der Waals surface area contributed by atoms with Crippen LogP contribution in [0.1, 0.15) is 31.1 Å². The molecule has 20 heavy (non-hydrogen) atoms. The third-order valence-electron chi connectivity index (χ3n) is 2.77. The van der Waals surface area contributed by atoms with Crippen molar-refractivity contribution in [2.24, 2.45) is 5.41 Å². The quantitative estimate of drug-likeness (QED) is 0.870. The summed E-state index contributed by atoms with van der Waals surface area (Å²) < 4.78 is 4.72. The van der Waals surface area contributed by atoms with Crippen molar-refractivity contribution in [3.8, 4) is 0 Å². The maximum atomic E-state index is 12.2. The molecule has 0 aliphatic rings. The molecule has 0 heterocycles. The first-order valence-electron chi connectivity index (χ1n) is 6.01. The zero-order valence-corrected chi connectivity index (χ0v) is 13.3. The lowest BCUT2D eigenvalue weighted by Crippen LogP contribution is -2.49. The summed E-state index contributed by atoms with van der Waals surface area (Å²) in [4.78, 5) is 24.0. The van der Waals surface area contributed by atoms with Crippen molar-refractivity contribution in [1.82, 2.24) is 5.32 Å². The maximum Gasteiger partial charge on any atom is 0.328 e. The van der Waals surface area contributed by atoms with Crippen molar-refractivity contribution >= 4 is 35.1 Å². The third-order valence-corrected chi connectivity index (χ3v) is 3.59. The molecular formula is C14H17Cl2NO3. The molecule has 0 spiro atoms. The van der Waals surface area contributed by atoms with Crippen LogP contribution in [0.25, 0.3) is 0 Å². The van der Waals surface area contributed by atoms with E-state index in [1.54, 1.807) is 18.2 Å². The van der Waals surface area contributed by atoms with Crippen LogP contribution < -0.4 is 5.32 Å². The lowest BCUT2D eigenvalue weighted by Gasteiger charge is -2.29. The highest BCUT2D eigenvalue weighted by atomic mass is 35.5. The maximum absolute atomic E-state index is 12.2. The lowest BCUT2D eigenvalue weighted by molar-refractivity contribution is -0.145. The Balaban J connectivity index is 3.03. The molecule has 1 atom stereocenters. The molecule has 1 aromatic carbocycles. The molecule has 0 aromatic heterocycles. The van der Waals surface area contributed by atoms with E-state index in [9.17, 15) is 9.59 Å². The van der Waals surface area contributed by atoms with Crippen molar-refractivity contribution in [2.45, 2.75) is 26.8 Å². The highest BCUT2D eigenvalue weighted by Crippen LogP contribution is 2.26. The summed E-state index contributed by atoms with van der Waals surface area (Å²) in [7, 11) is 1.28. The summed E-state index contributed by atoms with van der Waals surface area (Å²) in [5.74, 6) is -0.980. The number of hydrogen-bond acceptors (Lipinski definition) is 3. The predicted molar refractivity (Wildman–Crippen MR) is 79.2 cm³/mol. The van der Waals surface area contributed by atoms with Crippen LogP contribution in [0, 0.1) is 5.41 Å². The van der Waals surface area contributed by atoms with E-state index in [1.165, 1.54) is 7.11 Å². The van der Waals surface area contributed by atoms with Gasteiger partial charge in [0.25, 0.3) is 5.91 Å². The van der Waals surface area contributed by atoms with E-state index in [2.05, 4.69) is 5.32 Å². The molecule has 0 saturated carbocycles. The molecule has 0 aliphatic heterocycles. The van der Waals surface area contributed by atoms with Gasteiger partial charge in [0.2, 0.25) is 0 Å². The van der Waals surface area contributed by atoms with E-state index >= 15 is 0 Å². The van der Waals surface area contributed by atoms with Crippen LogP contribution in [-0.4, -0.2) is 25.0 Å². The summed E-state index contributed by atoms with van der Waals surface area (Å²) >= 11 is 11.9. The first-order chi connectivity index (χ1) is 9.18. The van der Waals surface area contributed by atoms with Gasteiger partial charge in [0.15, 0.2) is 0 Å². The van der Waals surface area contributed by atoms with Gasteiger partial charge in [-0.05, 0) is 17.5 Å². The van der Waals surface area contributed by atoms with Crippen LogP contribution in [0.4, 0.5) is 0 Å². The van der Waals surface area contributed by atoms with Crippen molar-refractivity contribution < 1.29 is 14.3 Å². The lowest BCUT2D eigenvalue weighted by atomic mass is 9.86. The minimum atomic E-state index is -0.782. The number of esters is 1. The van der Waals surface area contributed by atoms with Gasteiger partial charge in [-0.2, -0.15) is 0 Å². The summed E-state index contributed by atoms with van der Waals surface area (Å²) in [5.41, 5.74) is -0.273. The Labute approximate surface area is 128 Å². The second kappa shape index (κ2) is 6.46. The summed E-state index contributed by atoms with van der Waals surface area (Å²) in [6, 6.07) is 3.96. The van der Waals surface area contributed by atoms with Crippen molar-refractivity contribution in [3.63, 3.8) is 0 Å². The summed E-state index contributed by atoms with van der Waals surface area (Å²) in [6.07, 6.45) is 0. The van der Waals surface area contributed by atoms with Gasteiger partial charge < -0.3 is 10.1 Å². The molecule has 0 aliphatic carbocycles. The molecule has 0 bridgehead atoms. The number of amides is 1. The highest BCUT2D eigenvalue weighted by molar-refractivity contribution is 6.43. The molecule has 110 valence electrons. The number of rotatable bonds is 3. The van der Waals surface area contributed by atoms with Crippen molar-refractivity contribution in [3.05, 3.63) is 33.8 Å². The molecular weight excluding hydrogens is 301 g/mol. The van der Waals surface area contributed by atoms with E-state index < -0.39 is 23.3 Å². The van der Waals surface area contributed by atoms with Crippen molar-refractivity contribution in [2.75, 3.05) is 7.11 Å². The van der Waals surface area contributed by atoms with Gasteiger partial charge in [0.1, 0.15) is 6.04 Å². The number of hydrogen-bond donors (Lipinski definition) is 1. The summed E-state index contributed by atoms with van der Waals surface area (Å²) in [5, 5.41) is 3.07. The molecule has 0 radical (unpaired) electrons. The molecule has 1 amide bonds. The Kier molecular flexibility index (Phi) is 5.42. The van der Waals surface area contributed by atoms with Crippen molar-refractivity contribution in [1.29, 1.82) is 0 Å². The van der Waals surface area contributed by atoms with E-state index in [4.69, 9.17) is 27.9 Å². The Morgan fingerprint density at radius 1 is 1.25 bits per heavy atom. The fraction of sp³-hybridized carbons (Fsp3) is 0.429. The van der Waals surface area contributed by atoms with Crippen LogP contribution in [0.3, 0.4) is 0 Å². The standard InChI is InChI=1S/C14H17Cl2NO3/c1-14(2,3)11(13(19)20-4)17-12(18)8-6-5-7-9(15)10(8)16/h5-7,11H,1-4H3,(H,17,18)/t11-/m1/s1. The van der Waals surface area contributed by atoms with Gasteiger partial charge in [0.05, 0.1) is 22.7 Å². The van der Waals surface area contributed by atoms with E-state index in [1.807, 2.05) is 20.8 Å². The first-order valence-corrected chi connectivity index (χ1v) is 6.76. The van der Waals surface area contributed by atoms with Gasteiger partial charge in [-0.3, -0.25) is 4.79 Å².